The molecular weight excluding hydrogens is 494 g/mol. The lowest BCUT2D eigenvalue weighted by molar-refractivity contribution is -0.136. The van der Waals surface area contributed by atoms with Crippen LogP contribution in [0.15, 0.2) is 53.7 Å². The van der Waals surface area contributed by atoms with Crippen molar-refractivity contribution in [3.8, 4) is 5.75 Å². The van der Waals surface area contributed by atoms with Crippen molar-refractivity contribution in [1.82, 2.24) is 14.8 Å². The Balaban J connectivity index is 0.00000432. The van der Waals surface area contributed by atoms with Gasteiger partial charge in [0, 0.05) is 18.9 Å². The number of amides is 1. The maximum absolute atomic E-state index is 13.8. The van der Waals surface area contributed by atoms with Crippen molar-refractivity contribution in [2.45, 2.75) is 69.2 Å². The summed E-state index contributed by atoms with van der Waals surface area (Å²) in [5.74, 6) is -0.513. The zero-order valence-electron chi connectivity index (χ0n) is 20.2. The highest BCUT2D eigenvalue weighted by molar-refractivity contribution is 7.89. The van der Waals surface area contributed by atoms with Crippen molar-refractivity contribution in [3.63, 3.8) is 0 Å². The monoisotopic (exact) mass is 527 g/mol. The minimum atomic E-state index is -4.11. The fourth-order valence-electron chi connectivity index (χ4n) is 4.46. The molecule has 0 aliphatic heterocycles. The van der Waals surface area contributed by atoms with E-state index in [1.165, 1.54) is 23.5 Å². The molecule has 0 spiro atoms. The molecule has 1 saturated carbocycles. The molecule has 0 radical (unpaired) electrons. The van der Waals surface area contributed by atoms with Crippen molar-refractivity contribution in [3.05, 3.63) is 54.4 Å². The van der Waals surface area contributed by atoms with Crippen LogP contribution in [0.2, 0.25) is 0 Å². The highest BCUT2D eigenvalue weighted by atomic mass is 35.5. The largest absolute Gasteiger partial charge is 0.497 e. The molecule has 1 aliphatic rings. The number of ether oxygens (including phenoxy) is 2. The summed E-state index contributed by atoms with van der Waals surface area (Å²) in [6.45, 7) is 3.91. The Hall–Kier alpha value is -2.24. The normalized spacial score (nSPS) is 19.1. The van der Waals surface area contributed by atoms with E-state index in [0.717, 1.165) is 0 Å². The number of hydrogen-bond acceptors (Lipinski definition) is 7. The van der Waals surface area contributed by atoms with E-state index < -0.39 is 22.0 Å². The Morgan fingerprint density at radius 1 is 1.11 bits per heavy atom. The molecule has 3 rings (SSSR count). The van der Waals surface area contributed by atoms with Crippen molar-refractivity contribution in [2.75, 3.05) is 7.11 Å². The number of nitrogens with one attached hydrogen (secondary N) is 1. The molecule has 1 atom stereocenters. The average Bonchev–Trinajstić information content (AvgIpc) is 2.84. The van der Waals surface area contributed by atoms with Gasteiger partial charge in [0.1, 0.15) is 11.8 Å². The molecule has 194 valence electrons. The molecule has 1 heterocycles. The zero-order valence-corrected chi connectivity index (χ0v) is 21.8. The second-order valence-electron chi connectivity index (χ2n) is 8.72. The molecular formula is C24H34ClN3O6S. The molecule has 35 heavy (non-hydrogen) atoms. The first-order valence-corrected chi connectivity index (χ1v) is 12.8. The fourth-order valence-corrected chi connectivity index (χ4v) is 6.09. The van der Waals surface area contributed by atoms with Crippen LogP contribution >= 0.6 is 12.4 Å². The van der Waals surface area contributed by atoms with Crippen LogP contribution in [0.25, 0.3) is 0 Å². The molecule has 0 saturated heterocycles. The van der Waals surface area contributed by atoms with Gasteiger partial charge in [0.2, 0.25) is 10.0 Å². The summed E-state index contributed by atoms with van der Waals surface area (Å²) in [7, 11) is -2.61. The lowest BCUT2D eigenvalue weighted by Crippen LogP contribution is -2.53. The number of carbonyl (C=O) groups is 1. The van der Waals surface area contributed by atoms with Crippen molar-refractivity contribution >= 4 is 28.3 Å². The standard InChI is InChI=1S/C24H33N3O6S.ClH/c1-17(2)33-21-6-4-19(5-7-21)23(24(28)26-29)27(16-18-12-14-25-15-13-18)34(30,31)22-10-8-20(32-3)9-11-22;/h8-15,17,19,21,23,29H,4-7,16H2,1-3H3,(H,26,28);1H/t19?,21?,23-;/m1./s1. The Kier molecular flexibility index (Phi) is 10.9. The molecule has 1 fully saturated rings. The molecule has 1 amide bonds. The summed E-state index contributed by atoms with van der Waals surface area (Å²) in [5, 5.41) is 9.55. The Bertz CT molecular complexity index is 1030. The number of halogens is 1. The SMILES string of the molecule is COc1ccc(S(=O)(=O)N(Cc2ccncc2)[C@@H](C(=O)NO)C2CCC(OC(C)C)CC2)cc1.Cl. The van der Waals surface area contributed by atoms with Crippen molar-refractivity contribution in [1.29, 1.82) is 0 Å². The summed E-state index contributed by atoms with van der Waals surface area (Å²) in [6, 6.07) is 8.35. The Morgan fingerprint density at radius 2 is 1.71 bits per heavy atom. The number of hydrogen-bond donors (Lipinski definition) is 2. The number of pyridine rings is 1. The summed E-state index contributed by atoms with van der Waals surface area (Å²) < 4.78 is 39.9. The minimum Gasteiger partial charge on any atom is -0.497 e. The summed E-state index contributed by atoms with van der Waals surface area (Å²) >= 11 is 0. The molecule has 2 aromatic rings. The number of carbonyl (C=O) groups excluding carboxylic acids is 1. The number of aromatic nitrogens is 1. The van der Waals surface area contributed by atoms with Gasteiger partial charge in [-0.05, 0) is 87.4 Å². The Labute approximate surface area is 213 Å². The molecule has 1 aliphatic carbocycles. The summed E-state index contributed by atoms with van der Waals surface area (Å²) in [6.07, 6.45) is 5.93. The molecule has 1 aromatic carbocycles. The third-order valence-electron chi connectivity index (χ3n) is 6.07. The van der Waals surface area contributed by atoms with Crippen LogP contribution < -0.4 is 10.2 Å². The number of benzene rings is 1. The van der Waals surface area contributed by atoms with E-state index in [1.54, 1.807) is 42.1 Å². The van der Waals surface area contributed by atoms with Gasteiger partial charge in [-0.25, -0.2) is 13.9 Å². The van der Waals surface area contributed by atoms with Gasteiger partial charge in [-0.2, -0.15) is 4.31 Å². The third-order valence-corrected chi connectivity index (χ3v) is 7.91. The van der Waals surface area contributed by atoms with E-state index >= 15 is 0 Å². The van der Waals surface area contributed by atoms with Gasteiger partial charge in [0.15, 0.2) is 0 Å². The van der Waals surface area contributed by atoms with Crippen LogP contribution in [0.3, 0.4) is 0 Å². The fraction of sp³-hybridized carbons (Fsp3) is 0.500. The number of sulfonamides is 1. The van der Waals surface area contributed by atoms with E-state index in [2.05, 4.69) is 4.98 Å². The van der Waals surface area contributed by atoms with Gasteiger partial charge >= 0.3 is 0 Å². The first-order chi connectivity index (χ1) is 16.3. The van der Waals surface area contributed by atoms with Gasteiger partial charge in [0.05, 0.1) is 24.2 Å². The molecule has 11 heteroatoms. The van der Waals surface area contributed by atoms with Gasteiger partial charge < -0.3 is 9.47 Å². The van der Waals surface area contributed by atoms with Crippen molar-refractivity contribution < 1.29 is 27.9 Å². The molecule has 0 unspecified atom stereocenters. The topological polar surface area (TPSA) is 118 Å². The van der Waals surface area contributed by atoms with Gasteiger partial charge in [0.25, 0.3) is 5.91 Å². The highest BCUT2D eigenvalue weighted by Crippen LogP contribution is 2.35. The second-order valence-corrected chi connectivity index (χ2v) is 10.6. The quantitative estimate of drug-likeness (QED) is 0.358. The molecule has 0 bridgehead atoms. The van der Waals surface area contributed by atoms with E-state index in [-0.39, 0.29) is 42.0 Å². The number of hydroxylamine groups is 1. The van der Waals surface area contributed by atoms with Crippen molar-refractivity contribution in [2.24, 2.45) is 5.92 Å². The smallest absolute Gasteiger partial charge is 0.262 e. The minimum absolute atomic E-state index is 0. The first-order valence-electron chi connectivity index (χ1n) is 11.4. The van der Waals surface area contributed by atoms with Gasteiger partial charge in [-0.15, -0.1) is 12.4 Å². The van der Waals surface area contributed by atoms with Crippen LogP contribution in [0.4, 0.5) is 0 Å². The van der Waals surface area contributed by atoms with Crippen LogP contribution in [-0.2, 0) is 26.1 Å². The average molecular weight is 528 g/mol. The summed E-state index contributed by atoms with van der Waals surface area (Å²) in [4.78, 5) is 17.0. The maximum Gasteiger partial charge on any atom is 0.262 e. The van der Waals surface area contributed by atoms with E-state index in [1.807, 2.05) is 13.8 Å². The highest BCUT2D eigenvalue weighted by Gasteiger charge is 2.42. The number of nitrogens with zero attached hydrogens (tertiary/aromatic N) is 2. The maximum atomic E-state index is 13.8. The van der Waals surface area contributed by atoms with Gasteiger partial charge in [-0.3, -0.25) is 15.0 Å². The molecule has 2 N–H and O–H groups in total. The van der Waals surface area contributed by atoms with E-state index in [0.29, 0.717) is 37.0 Å². The third kappa shape index (κ3) is 7.37. The van der Waals surface area contributed by atoms with E-state index in [4.69, 9.17) is 9.47 Å². The lowest BCUT2D eigenvalue weighted by atomic mass is 9.82. The zero-order chi connectivity index (χ0) is 24.7. The number of rotatable bonds is 10. The lowest BCUT2D eigenvalue weighted by Gasteiger charge is -2.38. The van der Waals surface area contributed by atoms with Crippen LogP contribution in [0.1, 0.15) is 45.1 Å². The predicted molar refractivity (Wildman–Crippen MR) is 133 cm³/mol. The Morgan fingerprint density at radius 3 is 2.23 bits per heavy atom. The number of methoxy groups -OCH3 is 1. The molecule has 9 nitrogen and oxygen atoms in total. The van der Waals surface area contributed by atoms with Crippen LogP contribution in [0.5, 0.6) is 5.75 Å². The molecule has 1 aromatic heterocycles. The predicted octanol–water partition coefficient (Wildman–Crippen LogP) is 3.56. The van der Waals surface area contributed by atoms with Crippen LogP contribution in [0, 0.1) is 5.92 Å². The van der Waals surface area contributed by atoms with Crippen LogP contribution in [-0.4, -0.2) is 54.2 Å². The van der Waals surface area contributed by atoms with E-state index in [9.17, 15) is 18.4 Å². The summed E-state index contributed by atoms with van der Waals surface area (Å²) in [5.41, 5.74) is 2.39. The second kappa shape index (κ2) is 13.2. The first kappa shape index (κ1) is 29.0. The van der Waals surface area contributed by atoms with Gasteiger partial charge in [-0.1, -0.05) is 0 Å².